The van der Waals surface area contributed by atoms with Crippen LogP contribution >= 0.6 is 23.2 Å². The Hall–Kier alpha value is -2.50. The van der Waals surface area contributed by atoms with Gasteiger partial charge in [-0.2, -0.15) is 0 Å². The number of ether oxygens (including phenoxy) is 2. The second-order valence-corrected chi connectivity index (χ2v) is 8.79. The zero-order valence-electron chi connectivity index (χ0n) is 18.0. The van der Waals surface area contributed by atoms with Crippen molar-refractivity contribution in [2.24, 2.45) is 0 Å². The van der Waals surface area contributed by atoms with Gasteiger partial charge >= 0.3 is 0 Å². The van der Waals surface area contributed by atoms with Gasteiger partial charge in [0.1, 0.15) is 0 Å². The van der Waals surface area contributed by atoms with Crippen molar-refractivity contribution in [2.75, 3.05) is 13.2 Å². The summed E-state index contributed by atoms with van der Waals surface area (Å²) in [6, 6.07) is 11.1. The van der Waals surface area contributed by atoms with Gasteiger partial charge in [-0.3, -0.25) is 9.59 Å². The van der Waals surface area contributed by atoms with Gasteiger partial charge < -0.3 is 14.8 Å². The van der Waals surface area contributed by atoms with Crippen LogP contribution in [-0.2, 0) is 9.59 Å². The second kappa shape index (κ2) is 9.55. The van der Waals surface area contributed by atoms with Crippen molar-refractivity contribution in [3.63, 3.8) is 0 Å². The molecule has 0 saturated heterocycles. The van der Waals surface area contributed by atoms with Gasteiger partial charge in [0.25, 0.3) is 0 Å². The minimum atomic E-state index is -0.309. The van der Waals surface area contributed by atoms with Gasteiger partial charge in [-0.25, -0.2) is 0 Å². The SMILES string of the molecule is CCOc1ccc(C2CC(=O)NC3=C2C(=O)CC(c2ccc(Cl)c(Cl)c2)C3)cc1OCC. The molecule has 168 valence electrons. The van der Waals surface area contributed by atoms with Gasteiger partial charge in [0.2, 0.25) is 5.91 Å². The fourth-order valence-electron chi connectivity index (χ4n) is 4.53. The van der Waals surface area contributed by atoms with Gasteiger partial charge in [-0.05, 0) is 61.6 Å². The molecule has 1 amide bonds. The molecule has 2 aromatic carbocycles. The Morgan fingerprint density at radius 1 is 0.875 bits per heavy atom. The molecule has 0 spiro atoms. The van der Waals surface area contributed by atoms with Crippen LogP contribution in [-0.4, -0.2) is 24.9 Å². The molecule has 2 atom stereocenters. The van der Waals surface area contributed by atoms with Crippen molar-refractivity contribution >= 4 is 34.9 Å². The van der Waals surface area contributed by atoms with E-state index >= 15 is 0 Å². The molecule has 0 saturated carbocycles. The first-order valence-electron chi connectivity index (χ1n) is 10.8. The first-order chi connectivity index (χ1) is 15.4. The first kappa shape index (κ1) is 22.7. The molecule has 7 heteroatoms. The number of allylic oxidation sites excluding steroid dienone is 2. The predicted octanol–water partition coefficient (Wildman–Crippen LogP) is 5.80. The molecular weight excluding hydrogens is 449 g/mol. The standard InChI is InChI=1S/C25H25Cl2NO4/c1-3-31-22-8-6-15(12-23(22)32-4-2)17-13-24(30)28-20-10-16(11-21(29)25(17)20)14-5-7-18(26)19(27)9-14/h5-9,12,16-17H,3-4,10-11,13H2,1-2H3,(H,28,30). The molecule has 0 bridgehead atoms. The van der Waals surface area contributed by atoms with Crippen LogP contribution in [0, 0.1) is 0 Å². The van der Waals surface area contributed by atoms with E-state index < -0.39 is 0 Å². The summed E-state index contributed by atoms with van der Waals surface area (Å²) in [5.41, 5.74) is 3.20. The maximum absolute atomic E-state index is 13.3. The van der Waals surface area contributed by atoms with Crippen molar-refractivity contribution in [1.29, 1.82) is 0 Å². The largest absolute Gasteiger partial charge is 0.490 e. The maximum Gasteiger partial charge on any atom is 0.225 e. The molecule has 2 aliphatic rings. The van der Waals surface area contributed by atoms with Gasteiger partial charge in [-0.15, -0.1) is 0 Å². The van der Waals surface area contributed by atoms with E-state index in [1.54, 1.807) is 12.1 Å². The zero-order chi connectivity index (χ0) is 22.8. The molecule has 1 aliphatic heterocycles. The average Bonchev–Trinajstić information content (AvgIpc) is 2.76. The maximum atomic E-state index is 13.3. The van der Waals surface area contributed by atoms with Crippen LogP contribution in [0.1, 0.15) is 56.1 Å². The van der Waals surface area contributed by atoms with Crippen LogP contribution in [0.2, 0.25) is 10.0 Å². The van der Waals surface area contributed by atoms with Gasteiger partial charge in [-0.1, -0.05) is 35.3 Å². The van der Waals surface area contributed by atoms with Crippen molar-refractivity contribution < 1.29 is 19.1 Å². The lowest BCUT2D eigenvalue weighted by Gasteiger charge is -2.34. The molecule has 2 aromatic rings. The molecule has 0 fully saturated rings. The molecule has 32 heavy (non-hydrogen) atoms. The minimum Gasteiger partial charge on any atom is -0.490 e. The normalized spacial score (nSPS) is 20.6. The number of rotatable bonds is 6. The van der Waals surface area contributed by atoms with E-state index in [1.165, 1.54) is 0 Å². The number of benzene rings is 2. The zero-order valence-corrected chi connectivity index (χ0v) is 19.6. The van der Waals surface area contributed by atoms with E-state index in [0.717, 1.165) is 11.1 Å². The smallest absolute Gasteiger partial charge is 0.225 e. The van der Waals surface area contributed by atoms with Gasteiger partial charge in [0, 0.05) is 30.0 Å². The highest BCUT2D eigenvalue weighted by atomic mass is 35.5. The summed E-state index contributed by atoms with van der Waals surface area (Å²) in [6.07, 6.45) is 1.15. The van der Waals surface area contributed by atoms with Gasteiger partial charge in [0.05, 0.1) is 23.3 Å². The molecule has 0 aromatic heterocycles. The highest BCUT2D eigenvalue weighted by molar-refractivity contribution is 6.42. The lowest BCUT2D eigenvalue weighted by molar-refractivity contribution is -0.122. The molecular formula is C25H25Cl2NO4. The van der Waals surface area contributed by atoms with Crippen LogP contribution in [0.3, 0.4) is 0 Å². The minimum absolute atomic E-state index is 0.0409. The number of carbonyl (C=O) groups excluding carboxylic acids is 2. The quantitative estimate of drug-likeness (QED) is 0.575. The second-order valence-electron chi connectivity index (χ2n) is 7.97. The lowest BCUT2D eigenvalue weighted by atomic mass is 9.73. The first-order valence-corrected chi connectivity index (χ1v) is 11.6. The number of amides is 1. The third kappa shape index (κ3) is 4.50. The number of ketones is 1. The number of nitrogens with one attached hydrogen (secondary N) is 1. The predicted molar refractivity (Wildman–Crippen MR) is 125 cm³/mol. The molecule has 1 aliphatic carbocycles. The Kier molecular flexibility index (Phi) is 6.77. The highest BCUT2D eigenvalue weighted by Crippen LogP contribution is 2.44. The molecule has 0 radical (unpaired) electrons. The molecule has 1 heterocycles. The number of hydrogen-bond acceptors (Lipinski definition) is 4. The Morgan fingerprint density at radius 2 is 1.59 bits per heavy atom. The van der Waals surface area contributed by atoms with Crippen molar-refractivity contribution in [1.82, 2.24) is 5.32 Å². The van der Waals surface area contributed by atoms with Crippen LogP contribution in [0.5, 0.6) is 11.5 Å². The van der Waals surface area contributed by atoms with Crippen LogP contribution in [0.4, 0.5) is 0 Å². The van der Waals surface area contributed by atoms with E-state index in [-0.39, 0.29) is 29.9 Å². The molecule has 4 rings (SSSR count). The monoisotopic (exact) mass is 473 g/mol. The van der Waals surface area contributed by atoms with Crippen molar-refractivity contribution in [3.05, 3.63) is 68.8 Å². The van der Waals surface area contributed by atoms with Crippen molar-refractivity contribution in [3.8, 4) is 11.5 Å². The summed E-state index contributed by atoms with van der Waals surface area (Å²) >= 11 is 12.2. The van der Waals surface area contributed by atoms with Gasteiger partial charge in [0.15, 0.2) is 17.3 Å². The number of hydrogen-bond donors (Lipinski definition) is 1. The summed E-state index contributed by atoms with van der Waals surface area (Å²) in [4.78, 5) is 25.9. The number of halogens is 2. The average molecular weight is 474 g/mol. The molecule has 1 N–H and O–H groups in total. The fourth-order valence-corrected chi connectivity index (χ4v) is 4.84. The number of Topliss-reactive ketones (excluding diaryl/α,β-unsaturated/α-hetero) is 1. The van der Waals surface area contributed by atoms with E-state index in [4.69, 9.17) is 32.7 Å². The van der Waals surface area contributed by atoms with Crippen LogP contribution in [0.25, 0.3) is 0 Å². The highest BCUT2D eigenvalue weighted by Gasteiger charge is 2.38. The summed E-state index contributed by atoms with van der Waals surface area (Å²) in [5, 5.41) is 3.88. The third-order valence-corrected chi connectivity index (χ3v) is 6.66. The third-order valence-electron chi connectivity index (χ3n) is 5.92. The van der Waals surface area contributed by atoms with Crippen molar-refractivity contribution in [2.45, 2.75) is 44.9 Å². The number of carbonyl (C=O) groups is 2. The summed E-state index contributed by atoms with van der Waals surface area (Å²) in [5.74, 6) is 0.853. The Morgan fingerprint density at radius 3 is 2.31 bits per heavy atom. The Labute approximate surface area is 197 Å². The summed E-state index contributed by atoms with van der Waals surface area (Å²) < 4.78 is 11.4. The Balaban J connectivity index is 1.69. The molecule has 5 nitrogen and oxygen atoms in total. The van der Waals surface area contributed by atoms with E-state index in [9.17, 15) is 9.59 Å². The molecule has 2 unspecified atom stereocenters. The van der Waals surface area contributed by atoms with E-state index in [1.807, 2.05) is 38.1 Å². The Bertz CT molecular complexity index is 1100. The summed E-state index contributed by atoms with van der Waals surface area (Å²) in [7, 11) is 0. The van der Waals surface area contributed by atoms with E-state index in [2.05, 4.69) is 5.32 Å². The fraction of sp³-hybridized carbons (Fsp3) is 0.360. The van der Waals surface area contributed by atoms with E-state index in [0.29, 0.717) is 58.9 Å². The summed E-state index contributed by atoms with van der Waals surface area (Å²) in [6.45, 7) is 4.84. The van der Waals surface area contributed by atoms with Crippen LogP contribution in [0.15, 0.2) is 47.7 Å². The topological polar surface area (TPSA) is 64.6 Å². The lowest BCUT2D eigenvalue weighted by Crippen LogP contribution is -2.38. The van der Waals surface area contributed by atoms with Crippen LogP contribution < -0.4 is 14.8 Å².